The van der Waals surface area contributed by atoms with E-state index in [1.165, 1.54) is 51.4 Å². The minimum absolute atomic E-state index is 0.107. The molecule has 0 unspecified atom stereocenters. The molecular weight excluding hydrogens is 239 g/mol. The zero-order valence-corrected chi connectivity index (χ0v) is 13.7. The molecule has 0 atom stereocenters. The molecule has 0 aromatic heterocycles. The highest BCUT2D eigenvalue weighted by atomic mass is 31.1. The Balaban J connectivity index is 4.09. The van der Waals surface area contributed by atoms with Crippen molar-refractivity contribution >= 4 is 8.46 Å². The maximum Gasteiger partial charge on any atom is 0.162 e. The summed E-state index contributed by atoms with van der Waals surface area (Å²) in [6.07, 6.45) is 15.0. The van der Waals surface area contributed by atoms with Crippen LogP contribution in [0.4, 0.5) is 0 Å². The summed E-state index contributed by atoms with van der Waals surface area (Å²) >= 11 is 0. The van der Waals surface area contributed by atoms with Crippen molar-refractivity contribution < 1.29 is 4.57 Å². The second-order valence-electron chi connectivity index (χ2n) is 5.69. The number of unbranched alkanes of at least 4 members (excludes halogenated alkanes) is 6. The van der Waals surface area contributed by atoms with Crippen molar-refractivity contribution in [2.75, 3.05) is 0 Å². The molecule has 2 heteroatoms. The van der Waals surface area contributed by atoms with E-state index in [-0.39, 0.29) is 5.16 Å². The van der Waals surface area contributed by atoms with Crippen molar-refractivity contribution in [2.24, 2.45) is 0 Å². The van der Waals surface area contributed by atoms with E-state index in [1.807, 2.05) is 0 Å². The van der Waals surface area contributed by atoms with Crippen LogP contribution < -0.4 is 0 Å². The molecule has 0 fully saturated rings. The van der Waals surface area contributed by atoms with Crippen molar-refractivity contribution in [2.45, 2.75) is 103 Å². The minimum atomic E-state index is 0.107. The fourth-order valence-corrected chi connectivity index (χ4v) is 3.55. The SMILES string of the molecule is CCCCCCC(CCC)(CCCCCC)P=O. The highest BCUT2D eigenvalue weighted by Gasteiger charge is 2.28. The van der Waals surface area contributed by atoms with Gasteiger partial charge in [-0.15, -0.1) is 0 Å². The summed E-state index contributed by atoms with van der Waals surface area (Å²) in [5.41, 5.74) is 0. The molecule has 0 aromatic rings. The van der Waals surface area contributed by atoms with E-state index in [9.17, 15) is 4.57 Å². The molecule has 0 N–H and O–H groups in total. The van der Waals surface area contributed by atoms with Gasteiger partial charge in [-0.25, -0.2) is 0 Å². The molecule has 0 aliphatic carbocycles. The van der Waals surface area contributed by atoms with Crippen LogP contribution in [-0.4, -0.2) is 5.16 Å². The molecular formula is C16H33OP. The molecule has 0 aliphatic heterocycles. The zero-order chi connectivity index (χ0) is 13.7. The van der Waals surface area contributed by atoms with Crippen LogP contribution in [0.15, 0.2) is 0 Å². The minimum Gasteiger partial charge on any atom is -0.274 e. The van der Waals surface area contributed by atoms with Crippen LogP contribution in [0.5, 0.6) is 0 Å². The number of rotatable bonds is 13. The lowest BCUT2D eigenvalue weighted by atomic mass is 9.89. The van der Waals surface area contributed by atoms with Gasteiger partial charge in [-0.05, 0) is 19.3 Å². The Hall–Kier alpha value is 0.100. The largest absolute Gasteiger partial charge is 0.274 e. The van der Waals surface area contributed by atoms with Crippen LogP contribution in [0.1, 0.15) is 97.8 Å². The Morgan fingerprint density at radius 1 is 0.667 bits per heavy atom. The highest BCUT2D eigenvalue weighted by molar-refractivity contribution is 7.26. The Kier molecular flexibility index (Phi) is 12.2. The third-order valence-corrected chi connectivity index (χ3v) is 4.96. The monoisotopic (exact) mass is 272 g/mol. The van der Waals surface area contributed by atoms with E-state index in [4.69, 9.17) is 0 Å². The molecule has 0 radical (unpaired) electrons. The Bertz CT molecular complexity index is 180. The first-order valence-electron chi connectivity index (χ1n) is 8.09. The van der Waals surface area contributed by atoms with Crippen LogP contribution in [0.2, 0.25) is 0 Å². The molecule has 0 bridgehead atoms. The average molecular weight is 272 g/mol. The predicted molar refractivity (Wildman–Crippen MR) is 82.8 cm³/mol. The first-order chi connectivity index (χ1) is 8.74. The fourth-order valence-electron chi connectivity index (χ4n) is 2.74. The van der Waals surface area contributed by atoms with Crippen molar-refractivity contribution in [3.63, 3.8) is 0 Å². The van der Waals surface area contributed by atoms with Crippen LogP contribution in [0, 0.1) is 0 Å². The van der Waals surface area contributed by atoms with Crippen LogP contribution in [-0.2, 0) is 4.57 Å². The molecule has 0 heterocycles. The Morgan fingerprint density at radius 3 is 1.50 bits per heavy atom. The molecule has 18 heavy (non-hydrogen) atoms. The molecule has 0 amide bonds. The van der Waals surface area contributed by atoms with Crippen LogP contribution in [0.3, 0.4) is 0 Å². The molecule has 0 rings (SSSR count). The maximum absolute atomic E-state index is 11.6. The van der Waals surface area contributed by atoms with Gasteiger partial charge in [0.05, 0.1) is 5.16 Å². The maximum atomic E-state index is 11.6. The molecule has 0 aliphatic rings. The Labute approximate surface area is 116 Å². The van der Waals surface area contributed by atoms with Gasteiger partial charge in [-0.3, -0.25) is 4.57 Å². The lowest BCUT2D eigenvalue weighted by Crippen LogP contribution is -2.21. The summed E-state index contributed by atoms with van der Waals surface area (Å²) in [7, 11) is 0.404. The summed E-state index contributed by atoms with van der Waals surface area (Å²) in [4.78, 5) is 0. The summed E-state index contributed by atoms with van der Waals surface area (Å²) in [5, 5.41) is 0.107. The van der Waals surface area contributed by atoms with E-state index in [0.29, 0.717) is 8.46 Å². The highest BCUT2D eigenvalue weighted by Crippen LogP contribution is 2.39. The van der Waals surface area contributed by atoms with Gasteiger partial charge < -0.3 is 0 Å². The number of hydrogen-bond donors (Lipinski definition) is 0. The molecule has 0 spiro atoms. The molecule has 0 aromatic carbocycles. The van der Waals surface area contributed by atoms with Gasteiger partial charge in [0.15, 0.2) is 8.46 Å². The third kappa shape index (κ3) is 8.25. The first kappa shape index (κ1) is 18.1. The van der Waals surface area contributed by atoms with E-state index in [2.05, 4.69) is 20.8 Å². The summed E-state index contributed by atoms with van der Waals surface area (Å²) < 4.78 is 11.6. The first-order valence-corrected chi connectivity index (χ1v) is 8.90. The van der Waals surface area contributed by atoms with Crippen LogP contribution >= 0.6 is 8.46 Å². The van der Waals surface area contributed by atoms with Crippen molar-refractivity contribution in [1.29, 1.82) is 0 Å². The predicted octanol–water partition coefficient (Wildman–Crippen LogP) is 6.76. The van der Waals surface area contributed by atoms with Crippen molar-refractivity contribution in [3.05, 3.63) is 0 Å². The summed E-state index contributed by atoms with van der Waals surface area (Å²) in [6.45, 7) is 6.71. The van der Waals surface area contributed by atoms with Gasteiger partial charge in [-0.1, -0.05) is 78.6 Å². The fraction of sp³-hybridized carbons (Fsp3) is 1.00. The van der Waals surface area contributed by atoms with Gasteiger partial charge >= 0.3 is 0 Å². The van der Waals surface area contributed by atoms with Crippen LogP contribution in [0.25, 0.3) is 0 Å². The molecule has 0 saturated carbocycles. The van der Waals surface area contributed by atoms with Gasteiger partial charge in [0.1, 0.15) is 0 Å². The average Bonchev–Trinajstić information content (AvgIpc) is 2.39. The smallest absolute Gasteiger partial charge is 0.162 e. The van der Waals surface area contributed by atoms with Gasteiger partial charge in [-0.2, -0.15) is 0 Å². The quantitative estimate of drug-likeness (QED) is 0.267. The standard InChI is InChI=1S/C16H33OP/c1-4-7-9-11-14-16(18-17,13-6-3)15-12-10-8-5-2/h4-15H2,1-3H3. The number of hydrogen-bond acceptors (Lipinski definition) is 1. The molecule has 108 valence electrons. The topological polar surface area (TPSA) is 17.1 Å². The van der Waals surface area contributed by atoms with E-state index >= 15 is 0 Å². The van der Waals surface area contributed by atoms with E-state index < -0.39 is 0 Å². The second kappa shape index (κ2) is 12.2. The third-order valence-electron chi connectivity index (χ3n) is 3.90. The van der Waals surface area contributed by atoms with Crippen molar-refractivity contribution in [3.8, 4) is 0 Å². The molecule has 0 saturated heterocycles. The van der Waals surface area contributed by atoms with E-state index in [0.717, 1.165) is 25.7 Å². The van der Waals surface area contributed by atoms with Gasteiger partial charge in [0.25, 0.3) is 0 Å². The molecule has 1 nitrogen and oxygen atoms in total. The van der Waals surface area contributed by atoms with E-state index in [1.54, 1.807) is 0 Å². The van der Waals surface area contributed by atoms with Crippen molar-refractivity contribution in [1.82, 2.24) is 0 Å². The van der Waals surface area contributed by atoms with Gasteiger partial charge in [0.2, 0.25) is 0 Å². The second-order valence-corrected chi connectivity index (χ2v) is 6.82. The zero-order valence-electron chi connectivity index (χ0n) is 12.8. The van der Waals surface area contributed by atoms with Gasteiger partial charge in [0, 0.05) is 0 Å². The lowest BCUT2D eigenvalue weighted by molar-refractivity contribution is 0.404. The Morgan fingerprint density at radius 2 is 1.17 bits per heavy atom. The summed E-state index contributed by atoms with van der Waals surface area (Å²) in [6, 6.07) is 0. The lowest BCUT2D eigenvalue weighted by Gasteiger charge is -2.26. The summed E-state index contributed by atoms with van der Waals surface area (Å²) in [5.74, 6) is 0. The normalized spacial score (nSPS) is 12.2.